The highest BCUT2D eigenvalue weighted by atomic mass is 35.5. The average Bonchev–Trinajstić information content (AvgIpc) is 2.62. The van der Waals surface area contributed by atoms with E-state index in [1.807, 2.05) is 42.5 Å². The van der Waals surface area contributed by atoms with Crippen molar-refractivity contribution in [3.63, 3.8) is 0 Å². The Balaban J connectivity index is 1.68. The van der Waals surface area contributed by atoms with Crippen LogP contribution in [-0.2, 0) is 12.8 Å². The van der Waals surface area contributed by atoms with Crippen molar-refractivity contribution in [3.8, 4) is 0 Å². The van der Waals surface area contributed by atoms with Gasteiger partial charge in [-0.15, -0.1) is 0 Å². The molecule has 0 bridgehead atoms. The second kappa shape index (κ2) is 10.2. The third kappa shape index (κ3) is 6.86. The molecule has 4 nitrogen and oxygen atoms in total. The smallest absolute Gasteiger partial charge is 0.189 e. The fraction of sp³-hybridized carbons (Fsp3) is 0.222. The zero-order valence-electron chi connectivity index (χ0n) is 13.9. The lowest BCUT2D eigenvalue weighted by Gasteiger charge is -2.15. The van der Waals surface area contributed by atoms with E-state index in [0.29, 0.717) is 16.8 Å². The molecule has 7 heteroatoms. The number of nitrogens with one attached hydrogen (secondary N) is 4. The Morgan fingerprint density at radius 3 is 2.36 bits per heavy atom. The molecule has 132 valence electrons. The quantitative estimate of drug-likeness (QED) is 0.458. The first-order chi connectivity index (χ1) is 12.1. The largest absolute Gasteiger partial charge is 0.361 e. The summed E-state index contributed by atoms with van der Waals surface area (Å²) in [7, 11) is 0. The third-order valence-corrected chi connectivity index (χ3v) is 4.25. The van der Waals surface area contributed by atoms with Crippen LogP contribution in [0.25, 0.3) is 0 Å². The van der Waals surface area contributed by atoms with Crippen LogP contribution in [0.4, 0.5) is 5.69 Å². The van der Waals surface area contributed by atoms with E-state index in [1.54, 1.807) is 0 Å². The van der Waals surface area contributed by atoms with Gasteiger partial charge in [0.25, 0.3) is 0 Å². The van der Waals surface area contributed by atoms with Crippen LogP contribution in [-0.4, -0.2) is 16.8 Å². The molecule has 2 aromatic rings. The van der Waals surface area contributed by atoms with Crippen molar-refractivity contribution in [1.82, 2.24) is 16.2 Å². The number of para-hydroxylation sites is 1. The molecule has 2 rings (SSSR count). The van der Waals surface area contributed by atoms with Gasteiger partial charge in [0.1, 0.15) is 0 Å². The average molecular weight is 393 g/mol. The van der Waals surface area contributed by atoms with Crippen LogP contribution in [0, 0.1) is 0 Å². The fourth-order valence-corrected chi connectivity index (χ4v) is 2.67. The summed E-state index contributed by atoms with van der Waals surface area (Å²) in [6.45, 7) is 2.82. The molecule has 4 N–H and O–H groups in total. The van der Waals surface area contributed by atoms with Crippen molar-refractivity contribution >= 4 is 51.9 Å². The van der Waals surface area contributed by atoms with E-state index in [-0.39, 0.29) is 0 Å². The maximum Gasteiger partial charge on any atom is 0.189 e. The van der Waals surface area contributed by atoms with E-state index in [0.717, 1.165) is 23.6 Å². The van der Waals surface area contributed by atoms with Crippen LogP contribution in [0.15, 0.2) is 48.5 Å². The SMILES string of the molecule is CCc1ccccc1NC(=S)NNC(=S)NCCc1ccc(Cl)cc1. The van der Waals surface area contributed by atoms with Crippen molar-refractivity contribution in [2.75, 3.05) is 11.9 Å². The minimum Gasteiger partial charge on any atom is -0.361 e. The van der Waals surface area contributed by atoms with E-state index in [4.69, 9.17) is 36.0 Å². The first-order valence-corrected chi connectivity index (χ1v) is 9.21. The molecule has 25 heavy (non-hydrogen) atoms. The summed E-state index contributed by atoms with van der Waals surface area (Å²) >= 11 is 16.4. The summed E-state index contributed by atoms with van der Waals surface area (Å²) in [6, 6.07) is 15.8. The number of thiocarbonyl (C=S) groups is 2. The molecule has 0 saturated carbocycles. The Bertz CT molecular complexity index is 719. The Hall–Kier alpha value is -1.89. The summed E-state index contributed by atoms with van der Waals surface area (Å²) in [5, 5.41) is 7.98. The molecule has 0 amide bonds. The van der Waals surface area contributed by atoms with Gasteiger partial charge in [0.2, 0.25) is 0 Å². The fourth-order valence-electron chi connectivity index (χ4n) is 2.23. The van der Waals surface area contributed by atoms with Crippen molar-refractivity contribution in [2.24, 2.45) is 0 Å². The minimum atomic E-state index is 0.461. The maximum absolute atomic E-state index is 5.87. The molecule has 0 unspecified atom stereocenters. The lowest BCUT2D eigenvalue weighted by Crippen LogP contribution is -2.48. The number of aryl methyl sites for hydroxylation is 1. The van der Waals surface area contributed by atoms with Gasteiger partial charge in [-0.25, -0.2) is 0 Å². The minimum absolute atomic E-state index is 0.461. The van der Waals surface area contributed by atoms with Crippen molar-refractivity contribution < 1.29 is 0 Å². The number of hydrogen-bond acceptors (Lipinski definition) is 2. The standard InChI is InChI=1S/C18H21ClN4S2/c1-2-14-5-3-4-6-16(14)21-18(25)23-22-17(24)20-12-11-13-7-9-15(19)10-8-13/h3-10H,2,11-12H2,1H3,(H2,20,22,24)(H2,21,23,25). The summed E-state index contributed by atoms with van der Waals surface area (Å²) in [5.74, 6) is 0. The van der Waals surface area contributed by atoms with Gasteiger partial charge in [0.15, 0.2) is 10.2 Å². The van der Waals surface area contributed by atoms with E-state index in [2.05, 4.69) is 34.5 Å². The number of hydrogen-bond donors (Lipinski definition) is 4. The number of halogens is 1. The van der Waals surface area contributed by atoms with Gasteiger partial charge >= 0.3 is 0 Å². The summed E-state index contributed by atoms with van der Waals surface area (Å²) in [5.41, 5.74) is 9.16. The highest BCUT2D eigenvalue weighted by molar-refractivity contribution is 7.80. The second-order valence-corrected chi connectivity index (χ2v) is 6.60. The number of hydrazine groups is 1. The van der Waals surface area contributed by atoms with Crippen molar-refractivity contribution in [3.05, 3.63) is 64.7 Å². The lowest BCUT2D eigenvalue weighted by molar-refractivity contribution is 0.796. The molecule has 0 spiro atoms. The topological polar surface area (TPSA) is 48.1 Å². The van der Waals surface area contributed by atoms with E-state index < -0.39 is 0 Å². The molecular weight excluding hydrogens is 372 g/mol. The summed E-state index contributed by atoms with van der Waals surface area (Å²) in [4.78, 5) is 0. The number of anilines is 1. The van der Waals surface area contributed by atoms with E-state index in [1.165, 1.54) is 11.1 Å². The van der Waals surface area contributed by atoms with Gasteiger partial charge in [0, 0.05) is 17.3 Å². The van der Waals surface area contributed by atoms with Crippen molar-refractivity contribution in [2.45, 2.75) is 19.8 Å². The molecule has 0 atom stereocenters. The molecule has 0 aliphatic carbocycles. The Morgan fingerprint density at radius 1 is 0.960 bits per heavy atom. The Kier molecular flexibility index (Phi) is 7.91. The molecule has 0 aromatic heterocycles. The molecule has 0 aliphatic heterocycles. The van der Waals surface area contributed by atoms with Crippen LogP contribution in [0.3, 0.4) is 0 Å². The van der Waals surface area contributed by atoms with Crippen LogP contribution in [0.1, 0.15) is 18.1 Å². The summed E-state index contributed by atoms with van der Waals surface area (Å²) in [6.07, 6.45) is 1.79. The first-order valence-electron chi connectivity index (χ1n) is 8.01. The highest BCUT2D eigenvalue weighted by Gasteiger charge is 2.02. The predicted molar refractivity (Wildman–Crippen MR) is 114 cm³/mol. The predicted octanol–water partition coefficient (Wildman–Crippen LogP) is 3.81. The zero-order valence-corrected chi connectivity index (χ0v) is 16.3. The Labute approximate surface area is 164 Å². The lowest BCUT2D eigenvalue weighted by atomic mass is 10.1. The van der Waals surface area contributed by atoms with Crippen LogP contribution < -0.4 is 21.5 Å². The van der Waals surface area contributed by atoms with Crippen molar-refractivity contribution in [1.29, 1.82) is 0 Å². The molecule has 0 heterocycles. The van der Waals surface area contributed by atoms with E-state index in [9.17, 15) is 0 Å². The summed E-state index contributed by atoms with van der Waals surface area (Å²) < 4.78 is 0. The van der Waals surface area contributed by atoms with Gasteiger partial charge in [-0.3, -0.25) is 10.9 Å². The normalized spacial score (nSPS) is 10.0. The van der Waals surface area contributed by atoms with Gasteiger partial charge < -0.3 is 10.6 Å². The third-order valence-electron chi connectivity index (χ3n) is 3.55. The number of rotatable bonds is 5. The van der Waals surface area contributed by atoms with Crippen LogP contribution in [0.2, 0.25) is 5.02 Å². The van der Waals surface area contributed by atoms with E-state index >= 15 is 0 Å². The zero-order chi connectivity index (χ0) is 18.1. The highest BCUT2D eigenvalue weighted by Crippen LogP contribution is 2.15. The van der Waals surface area contributed by atoms with Gasteiger partial charge in [-0.1, -0.05) is 48.9 Å². The number of benzene rings is 2. The van der Waals surface area contributed by atoms with Crippen LogP contribution >= 0.6 is 36.0 Å². The van der Waals surface area contributed by atoms with Gasteiger partial charge in [-0.05, 0) is 66.6 Å². The second-order valence-electron chi connectivity index (χ2n) is 5.35. The molecular formula is C18H21ClN4S2. The molecule has 0 aliphatic rings. The first kappa shape index (κ1) is 19.4. The molecule has 0 saturated heterocycles. The Morgan fingerprint density at radius 2 is 1.64 bits per heavy atom. The molecule has 0 fully saturated rings. The maximum atomic E-state index is 5.87. The van der Waals surface area contributed by atoms with Gasteiger partial charge in [0.05, 0.1) is 0 Å². The van der Waals surface area contributed by atoms with Crippen LogP contribution in [0.5, 0.6) is 0 Å². The molecule has 0 radical (unpaired) electrons. The molecule has 2 aromatic carbocycles. The van der Waals surface area contributed by atoms with Gasteiger partial charge in [-0.2, -0.15) is 0 Å². The monoisotopic (exact) mass is 392 g/mol.